The number of amides is 1. The van der Waals surface area contributed by atoms with E-state index in [1.807, 2.05) is 38.0 Å². The predicted molar refractivity (Wildman–Crippen MR) is 121 cm³/mol. The molecule has 1 aromatic carbocycles. The van der Waals surface area contributed by atoms with Crippen LogP contribution in [0.4, 0.5) is 5.13 Å². The Labute approximate surface area is 183 Å². The topological polar surface area (TPSA) is 73.8 Å². The minimum absolute atomic E-state index is 0.110. The Morgan fingerprint density at radius 3 is 2.50 bits per heavy atom. The zero-order chi connectivity index (χ0) is 21.9. The average Bonchev–Trinajstić information content (AvgIpc) is 3.00. The summed E-state index contributed by atoms with van der Waals surface area (Å²) in [6.45, 7) is 11.1. The van der Waals surface area contributed by atoms with Gasteiger partial charge in [-0.05, 0) is 38.0 Å². The van der Waals surface area contributed by atoms with Gasteiger partial charge in [0.05, 0.1) is 10.6 Å². The van der Waals surface area contributed by atoms with Gasteiger partial charge >= 0.3 is 0 Å². The van der Waals surface area contributed by atoms with Gasteiger partial charge in [-0.25, -0.2) is 13.4 Å². The van der Waals surface area contributed by atoms with Crippen LogP contribution in [0.15, 0.2) is 28.5 Å². The van der Waals surface area contributed by atoms with Crippen LogP contribution in [0, 0.1) is 13.8 Å². The van der Waals surface area contributed by atoms with Crippen molar-refractivity contribution in [3.05, 3.63) is 40.4 Å². The molecule has 2 heterocycles. The van der Waals surface area contributed by atoms with Crippen LogP contribution in [0.3, 0.4) is 0 Å². The first-order valence-corrected chi connectivity index (χ1v) is 12.7. The van der Waals surface area contributed by atoms with E-state index in [9.17, 15) is 13.2 Å². The molecular weight excluding hydrogens is 420 g/mol. The van der Waals surface area contributed by atoms with E-state index in [-0.39, 0.29) is 10.8 Å². The van der Waals surface area contributed by atoms with Crippen molar-refractivity contribution in [2.45, 2.75) is 39.0 Å². The van der Waals surface area contributed by atoms with Gasteiger partial charge in [-0.15, -0.1) is 11.3 Å². The summed E-state index contributed by atoms with van der Waals surface area (Å²) in [6, 6.07) is 4.86. The first kappa shape index (κ1) is 22.7. The Kier molecular flexibility index (Phi) is 7.15. The van der Waals surface area contributed by atoms with E-state index in [1.165, 1.54) is 10.4 Å². The lowest BCUT2D eigenvalue weighted by molar-refractivity contribution is 0.0766. The predicted octanol–water partition coefficient (Wildman–Crippen LogP) is 3.14. The monoisotopic (exact) mass is 450 g/mol. The maximum absolute atomic E-state index is 13.3. The minimum atomic E-state index is -3.61. The summed E-state index contributed by atoms with van der Waals surface area (Å²) in [5, 5.41) is 3.03. The van der Waals surface area contributed by atoms with Crippen LogP contribution in [0.25, 0.3) is 0 Å². The molecule has 164 valence electrons. The van der Waals surface area contributed by atoms with Crippen LogP contribution in [0.1, 0.15) is 41.9 Å². The lowest BCUT2D eigenvalue weighted by Gasteiger charge is -2.23. The number of carbonyl (C=O) groups excluding carboxylic acids is 1. The summed E-state index contributed by atoms with van der Waals surface area (Å²) in [4.78, 5) is 22.1. The van der Waals surface area contributed by atoms with Gasteiger partial charge in [0.15, 0.2) is 5.13 Å². The zero-order valence-electron chi connectivity index (χ0n) is 18.1. The molecule has 0 bridgehead atoms. The van der Waals surface area contributed by atoms with Crippen molar-refractivity contribution in [2.75, 3.05) is 44.2 Å². The molecule has 0 unspecified atom stereocenters. The molecule has 1 aliphatic heterocycles. The number of thiazole rings is 1. The molecule has 1 amide bonds. The fourth-order valence-corrected chi connectivity index (χ4v) is 6.02. The van der Waals surface area contributed by atoms with Gasteiger partial charge in [-0.1, -0.05) is 19.9 Å². The molecule has 9 heteroatoms. The quantitative estimate of drug-likeness (QED) is 0.676. The van der Waals surface area contributed by atoms with Crippen molar-refractivity contribution in [3.63, 3.8) is 0 Å². The number of aryl methyl sites for hydroxylation is 2. The maximum Gasteiger partial charge on any atom is 0.254 e. The van der Waals surface area contributed by atoms with E-state index in [4.69, 9.17) is 0 Å². The smallest absolute Gasteiger partial charge is 0.254 e. The maximum atomic E-state index is 13.3. The number of nitrogens with zero attached hydrogens (tertiary/aromatic N) is 4. The number of hydrogen-bond donors (Lipinski definition) is 0. The average molecular weight is 451 g/mol. The highest BCUT2D eigenvalue weighted by atomic mass is 32.2. The Morgan fingerprint density at radius 1 is 1.13 bits per heavy atom. The third-order valence-corrected chi connectivity index (χ3v) is 8.51. The molecule has 0 radical (unpaired) electrons. The molecule has 7 nitrogen and oxygen atoms in total. The van der Waals surface area contributed by atoms with Crippen molar-refractivity contribution >= 4 is 32.4 Å². The van der Waals surface area contributed by atoms with Gasteiger partial charge in [0.1, 0.15) is 0 Å². The third-order valence-electron chi connectivity index (χ3n) is 5.44. The minimum Gasteiger partial charge on any atom is -0.346 e. The second kappa shape index (κ2) is 9.45. The molecule has 0 aliphatic carbocycles. The molecule has 0 N–H and O–H groups in total. The fourth-order valence-electron chi connectivity index (χ4n) is 3.67. The van der Waals surface area contributed by atoms with Crippen LogP contribution in [0.5, 0.6) is 0 Å². The molecule has 30 heavy (non-hydrogen) atoms. The van der Waals surface area contributed by atoms with Gasteiger partial charge in [0.25, 0.3) is 5.91 Å². The molecule has 0 spiro atoms. The Hall–Kier alpha value is -1.97. The molecular formula is C21H30N4O3S2. The number of hydrogen-bond acceptors (Lipinski definition) is 6. The normalized spacial score (nSPS) is 15.5. The number of anilines is 1. The van der Waals surface area contributed by atoms with Crippen molar-refractivity contribution in [3.8, 4) is 0 Å². The zero-order valence-corrected chi connectivity index (χ0v) is 19.7. The van der Waals surface area contributed by atoms with Crippen LogP contribution in [-0.4, -0.2) is 67.8 Å². The molecule has 1 aliphatic rings. The van der Waals surface area contributed by atoms with Crippen molar-refractivity contribution in [1.82, 2.24) is 14.2 Å². The van der Waals surface area contributed by atoms with Gasteiger partial charge in [0, 0.05) is 50.2 Å². The van der Waals surface area contributed by atoms with E-state index < -0.39 is 10.0 Å². The summed E-state index contributed by atoms with van der Waals surface area (Å²) in [5.41, 5.74) is 2.26. The highest BCUT2D eigenvalue weighted by Gasteiger charge is 2.26. The van der Waals surface area contributed by atoms with Crippen LogP contribution in [-0.2, 0) is 10.0 Å². The highest BCUT2D eigenvalue weighted by Crippen LogP contribution is 2.24. The number of sulfonamides is 1. The second-order valence-corrected chi connectivity index (χ2v) is 10.2. The highest BCUT2D eigenvalue weighted by molar-refractivity contribution is 7.89. The van der Waals surface area contributed by atoms with Crippen molar-refractivity contribution in [2.24, 2.45) is 0 Å². The summed E-state index contributed by atoms with van der Waals surface area (Å²) >= 11 is 1.63. The summed E-state index contributed by atoms with van der Waals surface area (Å²) < 4.78 is 27.2. The number of rotatable bonds is 6. The van der Waals surface area contributed by atoms with Crippen LogP contribution in [0.2, 0.25) is 0 Å². The molecule has 1 fully saturated rings. The van der Waals surface area contributed by atoms with E-state index in [2.05, 4.69) is 9.88 Å². The largest absolute Gasteiger partial charge is 0.346 e. The van der Waals surface area contributed by atoms with Crippen molar-refractivity contribution in [1.29, 1.82) is 0 Å². The van der Waals surface area contributed by atoms with Crippen molar-refractivity contribution < 1.29 is 13.2 Å². The molecule has 3 rings (SSSR count). The van der Waals surface area contributed by atoms with Gasteiger partial charge in [-0.2, -0.15) is 4.31 Å². The first-order valence-electron chi connectivity index (χ1n) is 10.3. The lowest BCUT2D eigenvalue weighted by Crippen LogP contribution is -2.36. The Morgan fingerprint density at radius 2 is 1.87 bits per heavy atom. The SMILES string of the molecule is CCN(CC)S(=O)(=O)c1ccc(C)c(C(=O)N2CCCN(c3nc(C)cs3)CC2)c1. The first-order chi connectivity index (χ1) is 14.3. The van der Waals surface area contributed by atoms with Crippen LogP contribution >= 0.6 is 11.3 Å². The van der Waals surface area contributed by atoms with E-state index in [0.29, 0.717) is 31.7 Å². The lowest BCUT2D eigenvalue weighted by atomic mass is 10.1. The Balaban J connectivity index is 1.81. The molecule has 1 saturated heterocycles. The number of carbonyl (C=O) groups is 1. The Bertz CT molecular complexity index is 999. The summed E-state index contributed by atoms with van der Waals surface area (Å²) in [6.07, 6.45) is 0.848. The molecule has 0 saturated carbocycles. The second-order valence-electron chi connectivity index (χ2n) is 7.47. The summed E-state index contributed by atoms with van der Waals surface area (Å²) in [5.74, 6) is -0.110. The van der Waals surface area contributed by atoms with E-state index >= 15 is 0 Å². The number of aromatic nitrogens is 1. The van der Waals surface area contributed by atoms with Gasteiger partial charge in [-0.3, -0.25) is 4.79 Å². The molecule has 1 aromatic heterocycles. The fraction of sp³-hybridized carbons (Fsp3) is 0.524. The van der Waals surface area contributed by atoms with E-state index in [0.717, 1.165) is 35.9 Å². The van der Waals surface area contributed by atoms with Crippen LogP contribution < -0.4 is 4.90 Å². The van der Waals surface area contributed by atoms with E-state index in [1.54, 1.807) is 23.5 Å². The number of benzene rings is 1. The molecule has 0 atom stereocenters. The third kappa shape index (κ3) is 4.68. The standard InChI is InChI=1S/C21H30N4O3S2/c1-5-25(6-2)30(27,28)18-9-8-16(3)19(14-18)20(26)23-10-7-11-24(13-12-23)21-22-17(4)15-29-21/h8-9,14-15H,5-7,10-13H2,1-4H3. The molecule has 2 aromatic rings. The summed E-state index contributed by atoms with van der Waals surface area (Å²) in [7, 11) is -3.61. The van der Waals surface area contributed by atoms with Gasteiger partial charge in [0.2, 0.25) is 10.0 Å². The van der Waals surface area contributed by atoms with Gasteiger partial charge < -0.3 is 9.80 Å².